The molecule has 2 aromatic rings. The Morgan fingerprint density at radius 1 is 1.20 bits per heavy atom. The number of halogens is 1. The summed E-state index contributed by atoms with van der Waals surface area (Å²) in [5.74, 6) is 0.439. The van der Waals surface area contributed by atoms with E-state index in [2.05, 4.69) is 17.2 Å². The molecule has 3 rings (SSSR count). The third kappa shape index (κ3) is 4.69. The van der Waals surface area contributed by atoms with Crippen molar-refractivity contribution in [2.24, 2.45) is 0 Å². The van der Waals surface area contributed by atoms with Gasteiger partial charge in [-0.2, -0.15) is 0 Å². The molecule has 5 heteroatoms. The zero-order valence-corrected chi connectivity index (χ0v) is 14.5. The number of aromatic nitrogens is 1. The second-order valence-corrected chi connectivity index (χ2v) is 6.54. The Morgan fingerprint density at radius 2 is 1.96 bits per heavy atom. The lowest BCUT2D eigenvalue weighted by Gasteiger charge is -2.28. The van der Waals surface area contributed by atoms with Crippen LogP contribution in [0.15, 0.2) is 42.6 Å². The van der Waals surface area contributed by atoms with E-state index in [1.165, 1.54) is 12.3 Å². The highest BCUT2D eigenvalue weighted by molar-refractivity contribution is 5.48. The summed E-state index contributed by atoms with van der Waals surface area (Å²) in [4.78, 5) is 4.16. The van der Waals surface area contributed by atoms with Crippen LogP contribution in [0, 0.1) is 5.82 Å². The van der Waals surface area contributed by atoms with Crippen molar-refractivity contribution in [1.82, 2.24) is 4.98 Å². The Morgan fingerprint density at radius 3 is 2.60 bits per heavy atom. The van der Waals surface area contributed by atoms with Crippen molar-refractivity contribution in [3.63, 3.8) is 0 Å². The number of ether oxygens (including phenoxy) is 1. The first-order chi connectivity index (χ1) is 12.2. The molecule has 3 atom stereocenters. The van der Waals surface area contributed by atoms with E-state index in [9.17, 15) is 9.50 Å². The van der Waals surface area contributed by atoms with Gasteiger partial charge in [-0.15, -0.1) is 0 Å². The largest absolute Gasteiger partial charge is 0.488 e. The molecule has 1 aromatic heterocycles. The first-order valence-electron chi connectivity index (χ1n) is 8.98. The Hall–Kier alpha value is -2.14. The van der Waals surface area contributed by atoms with Crippen molar-refractivity contribution < 1.29 is 14.2 Å². The molecule has 134 valence electrons. The summed E-state index contributed by atoms with van der Waals surface area (Å²) in [6.45, 7) is 2.06. The Kier molecular flexibility index (Phi) is 5.87. The van der Waals surface area contributed by atoms with Crippen LogP contribution in [0.4, 0.5) is 10.1 Å². The molecule has 0 spiro atoms. The molecule has 4 nitrogen and oxygen atoms in total. The van der Waals surface area contributed by atoms with Crippen LogP contribution < -0.4 is 10.1 Å². The maximum atomic E-state index is 13.0. The average molecular weight is 344 g/mol. The number of aliphatic hydroxyl groups excluding tert-OH is 1. The van der Waals surface area contributed by atoms with Crippen LogP contribution in [0.3, 0.4) is 0 Å². The highest BCUT2D eigenvalue weighted by Gasteiger charge is 2.24. The molecular formula is C20H25FN2O2. The molecular weight excluding hydrogens is 319 g/mol. The van der Waals surface area contributed by atoms with Gasteiger partial charge < -0.3 is 15.2 Å². The van der Waals surface area contributed by atoms with Crippen LogP contribution in [0.1, 0.15) is 50.8 Å². The zero-order valence-electron chi connectivity index (χ0n) is 14.5. The lowest BCUT2D eigenvalue weighted by molar-refractivity contribution is 0.00688. The van der Waals surface area contributed by atoms with Gasteiger partial charge in [0.25, 0.3) is 0 Å². The number of pyridine rings is 1. The van der Waals surface area contributed by atoms with Gasteiger partial charge in [0.1, 0.15) is 17.7 Å². The minimum Gasteiger partial charge on any atom is -0.488 e. The van der Waals surface area contributed by atoms with Crippen LogP contribution in [0.5, 0.6) is 5.75 Å². The van der Waals surface area contributed by atoms with Gasteiger partial charge in [0, 0.05) is 5.69 Å². The number of anilines is 1. The molecule has 0 radical (unpaired) electrons. The summed E-state index contributed by atoms with van der Waals surface area (Å²) < 4.78 is 19.0. The Bertz CT molecular complexity index is 660. The van der Waals surface area contributed by atoms with Gasteiger partial charge in [0.2, 0.25) is 0 Å². The highest BCUT2D eigenvalue weighted by Crippen LogP contribution is 2.26. The number of hydrogen-bond acceptors (Lipinski definition) is 4. The van der Waals surface area contributed by atoms with Crippen LogP contribution in [-0.4, -0.2) is 22.3 Å². The Labute approximate surface area is 148 Å². The van der Waals surface area contributed by atoms with Gasteiger partial charge in [-0.05, 0) is 62.1 Å². The maximum Gasteiger partial charge on any atom is 0.141 e. The van der Waals surface area contributed by atoms with Crippen molar-refractivity contribution >= 4 is 5.69 Å². The van der Waals surface area contributed by atoms with Crippen molar-refractivity contribution in [2.75, 3.05) is 5.32 Å². The van der Waals surface area contributed by atoms with Crippen molar-refractivity contribution in [1.29, 1.82) is 0 Å². The lowest BCUT2D eigenvalue weighted by Crippen LogP contribution is -2.34. The highest BCUT2D eigenvalue weighted by atomic mass is 19.1. The monoisotopic (exact) mass is 344 g/mol. The van der Waals surface area contributed by atoms with Gasteiger partial charge in [0.05, 0.1) is 24.0 Å². The normalized spacial score (nSPS) is 21.6. The van der Waals surface area contributed by atoms with Gasteiger partial charge in [-0.25, -0.2) is 4.39 Å². The van der Waals surface area contributed by atoms with Gasteiger partial charge in [-0.1, -0.05) is 13.3 Å². The van der Waals surface area contributed by atoms with Gasteiger partial charge in [-0.3, -0.25) is 4.98 Å². The molecule has 1 aromatic carbocycles. The fraction of sp³-hybridized carbons (Fsp3) is 0.450. The predicted molar refractivity (Wildman–Crippen MR) is 96.2 cm³/mol. The van der Waals surface area contributed by atoms with Crippen LogP contribution in [0.2, 0.25) is 0 Å². The van der Waals surface area contributed by atoms with E-state index in [1.807, 2.05) is 24.3 Å². The quantitative estimate of drug-likeness (QED) is 0.812. The molecule has 0 amide bonds. The van der Waals surface area contributed by atoms with Crippen LogP contribution >= 0.6 is 0 Å². The number of aliphatic hydroxyl groups is 1. The third-order valence-corrected chi connectivity index (χ3v) is 4.67. The standard InChI is InChI=1S/C20H25FN2O2/c1-2-17(18-12-7-14(21)13-22-18)23-15-8-10-16(11-9-15)25-20-6-4-3-5-19(20)24/h7-13,17,19-20,23-24H,2-6H2,1H3. The molecule has 0 bridgehead atoms. The first-order valence-corrected chi connectivity index (χ1v) is 8.98. The summed E-state index contributed by atoms with van der Waals surface area (Å²) in [5.41, 5.74) is 1.77. The molecule has 0 saturated heterocycles. The van der Waals surface area contributed by atoms with E-state index in [4.69, 9.17) is 4.74 Å². The van der Waals surface area contributed by atoms with Gasteiger partial charge in [0.15, 0.2) is 0 Å². The van der Waals surface area contributed by atoms with E-state index in [0.29, 0.717) is 0 Å². The molecule has 25 heavy (non-hydrogen) atoms. The van der Waals surface area contributed by atoms with E-state index in [-0.39, 0.29) is 24.1 Å². The van der Waals surface area contributed by atoms with E-state index >= 15 is 0 Å². The van der Waals surface area contributed by atoms with Crippen molar-refractivity contribution in [3.05, 3.63) is 54.1 Å². The SMILES string of the molecule is CCC(Nc1ccc(OC2CCCCC2O)cc1)c1ccc(F)cn1. The van der Waals surface area contributed by atoms with Gasteiger partial charge >= 0.3 is 0 Å². The fourth-order valence-electron chi connectivity index (χ4n) is 3.20. The molecule has 1 heterocycles. The summed E-state index contributed by atoms with van der Waals surface area (Å²) in [6, 6.07) is 10.9. The number of nitrogens with one attached hydrogen (secondary N) is 1. The third-order valence-electron chi connectivity index (χ3n) is 4.67. The second-order valence-electron chi connectivity index (χ2n) is 6.54. The summed E-state index contributed by atoms with van der Waals surface area (Å²) in [7, 11) is 0. The zero-order chi connectivity index (χ0) is 17.6. The molecule has 2 N–H and O–H groups in total. The number of rotatable bonds is 6. The topological polar surface area (TPSA) is 54.4 Å². The van der Waals surface area contributed by atoms with Crippen LogP contribution in [-0.2, 0) is 0 Å². The van der Waals surface area contributed by atoms with Crippen LogP contribution in [0.25, 0.3) is 0 Å². The van der Waals surface area contributed by atoms with E-state index < -0.39 is 0 Å². The Balaban J connectivity index is 1.62. The van der Waals surface area contributed by atoms with E-state index in [0.717, 1.165) is 49.2 Å². The number of nitrogens with zero attached hydrogens (tertiary/aromatic N) is 1. The summed E-state index contributed by atoms with van der Waals surface area (Å²) >= 11 is 0. The van der Waals surface area contributed by atoms with Crippen molar-refractivity contribution in [3.8, 4) is 5.75 Å². The molecule has 0 aliphatic heterocycles. The minimum atomic E-state index is -0.374. The molecule has 1 aliphatic rings. The number of hydrogen-bond donors (Lipinski definition) is 2. The lowest BCUT2D eigenvalue weighted by atomic mass is 9.95. The second kappa shape index (κ2) is 8.30. The maximum absolute atomic E-state index is 13.0. The fourth-order valence-corrected chi connectivity index (χ4v) is 3.20. The predicted octanol–water partition coefficient (Wildman–Crippen LogP) is 4.47. The minimum absolute atomic E-state index is 0.0209. The molecule has 1 fully saturated rings. The molecule has 3 unspecified atom stereocenters. The summed E-state index contributed by atoms with van der Waals surface area (Å²) in [5, 5.41) is 13.4. The first kappa shape index (κ1) is 17.7. The van der Waals surface area contributed by atoms with Crippen molar-refractivity contribution in [2.45, 2.75) is 57.3 Å². The molecule has 1 saturated carbocycles. The number of benzene rings is 1. The molecule has 1 aliphatic carbocycles. The summed E-state index contributed by atoms with van der Waals surface area (Å²) in [6.07, 6.45) is 5.48. The average Bonchev–Trinajstić information content (AvgIpc) is 2.64. The van der Waals surface area contributed by atoms with E-state index in [1.54, 1.807) is 6.07 Å². The smallest absolute Gasteiger partial charge is 0.141 e.